The second kappa shape index (κ2) is 5.32. The minimum atomic E-state index is -0.358. The van der Waals surface area contributed by atoms with Crippen molar-refractivity contribution in [3.05, 3.63) is 29.8 Å². The van der Waals surface area contributed by atoms with Gasteiger partial charge in [-0.2, -0.15) is 5.26 Å². The van der Waals surface area contributed by atoms with Gasteiger partial charge in [-0.3, -0.25) is 4.79 Å². The zero-order valence-corrected chi connectivity index (χ0v) is 9.56. The van der Waals surface area contributed by atoms with Crippen molar-refractivity contribution in [2.45, 2.75) is 20.3 Å². The van der Waals surface area contributed by atoms with Crippen molar-refractivity contribution in [1.82, 2.24) is 0 Å². The average molecular weight is 217 g/mol. The molecule has 0 aliphatic heterocycles. The van der Waals surface area contributed by atoms with E-state index in [0.717, 1.165) is 12.0 Å². The molecule has 0 heterocycles. The summed E-state index contributed by atoms with van der Waals surface area (Å²) in [6.07, 6.45) is 1.47. The molecule has 0 radical (unpaired) electrons. The van der Waals surface area contributed by atoms with Gasteiger partial charge in [-0.15, -0.1) is 0 Å². The summed E-state index contributed by atoms with van der Waals surface area (Å²) >= 11 is 0. The molecule has 1 rings (SSSR count). The maximum Gasteiger partial charge on any atom is 0.150 e. The third-order valence-corrected chi connectivity index (χ3v) is 2.31. The maximum absolute atomic E-state index is 10.4. The van der Waals surface area contributed by atoms with E-state index >= 15 is 0 Å². The number of rotatable bonds is 5. The predicted octanol–water partition coefficient (Wildman–Crippen LogP) is 2.82. The van der Waals surface area contributed by atoms with Crippen LogP contribution in [0.15, 0.2) is 24.3 Å². The summed E-state index contributed by atoms with van der Waals surface area (Å²) < 4.78 is 5.48. The third-order valence-electron chi connectivity index (χ3n) is 2.31. The molecule has 3 heteroatoms. The lowest BCUT2D eigenvalue weighted by molar-refractivity contribution is 0.112. The van der Waals surface area contributed by atoms with Gasteiger partial charge < -0.3 is 4.74 Å². The third kappa shape index (κ3) is 3.74. The molecule has 0 amide bonds. The van der Waals surface area contributed by atoms with Gasteiger partial charge in [-0.05, 0) is 44.5 Å². The number of carbonyl (C=O) groups is 1. The van der Waals surface area contributed by atoms with Crippen LogP contribution in [0.5, 0.6) is 5.75 Å². The number of aldehydes is 1. The monoisotopic (exact) mass is 217 g/mol. The minimum Gasteiger partial charge on any atom is -0.494 e. The van der Waals surface area contributed by atoms with Crippen LogP contribution < -0.4 is 4.74 Å². The Morgan fingerprint density at radius 3 is 2.50 bits per heavy atom. The van der Waals surface area contributed by atoms with Gasteiger partial charge in [0.25, 0.3) is 0 Å². The van der Waals surface area contributed by atoms with Crippen molar-refractivity contribution in [3.63, 3.8) is 0 Å². The summed E-state index contributed by atoms with van der Waals surface area (Å²) in [5.74, 6) is 0.722. The number of ether oxygens (including phenoxy) is 1. The SMILES string of the molecule is CC(C)(C#N)CCOc1ccc(C=O)cc1. The van der Waals surface area contributed by atoms with E-state index in [4.69, 9.17) is 10.00 Å². The lowest BCUT2D eigenvalue weighted by atomic mass is 9.92. The molecule has 0 fully saturated rings. The Morgan fingerprint density at radius 1 is 1.38 bits per heavy atom. The summed E-state index contributed by atoms with van der Waals surface area (Å²) in [6, 6.07) is 9.14. The smallest absolute Gasteiger partial charge is 0.150 e. The molecule has 1 aromatic rings. The maximum atomic E-state index is 10.4. The van der Waals surface area contributed by atoms with Gasteiger partial charge in [0.2, 0.25) is 0 Å². The van der Waals surface area contributed by atoms with E-state index in [1.165, 1.54) is 0 Å². The van der Waals surface area contributed by atoms with Crippen molar-refractivity contribution in [2.75, 3.05) is 6.61 Å². The van der Waals surface area contributed by atoms with Crippen LogP contribution in [-0.4, -0.2) is 12.9 Å². The number of nitriles is 1. The first-order chi connectivity index (χ1) is 7.57. The van der Waals surface area contributed by atoms with Crippen LogP contribution in [0.4, 0.5) is 0 Å². The molecule has 0 N–H and O–H groups in total. The fourth-order valence-electron chi connectivity index (χ4n) is 1.12. The first-order valence-electron chi connectivity index (χ1n) is 5.17. The van der Waals surface area contributed by atoms with Gasteiger partial charge in [-0.1, -0.05) is 0 Å². The Hall–Kier alpha value is -1.82. The molecule has 0 aromatic heterocycles. The largest absolute Gasteiger partial charge is 0.494 e. The van der Waals surface area contributed by atoms with E-state index in [9.17, 15) is 4.79 Å². The van der Waals surface area contributed by atoms with Crippen LogP contribution in [-0.2, 0) is 0 Å². The second-order valence-electron chi connectivity index (χ2n) is 4.28. The van der Waals surface area contributed by atoms with E-state index in [0.29, 0.717) is 18.6 Å². The van der Waals surface area contributed by atoms with Crippen molar-refractivity contribution < 1.29 is 9.53 Å². The van der Waals surface area contributed by atoms with Gasteiger partial charge >= 0.3 is 0 Å². The normalized spacial score (nSPS) is 10.6. The van der Waals surface area contributed by atoms with Crippen LogP contribution in [0.2, 0.25) is 0 Å². The Labute approximate surface area is 95.7 Å². The van der Waals surface area contributed by atoms with Gasteiger partial charge in [0.1, 0.15) is 12.0 Å². The van der Waals surface area contributed by atoms with Crippen molar-refractivity contribution in [1.29, 1.82) is 5.26 Å². The lowest BCUT2D eigenvalue weighted by Crippen LogP contribution is -2.13. The summed E-state index contributed by atoms with van der Waals surface area (Å²) in [6.45, 7) is 4.26. The van der Waals surface area contributed by atoms with Crippen molar-refractivity contribution >= 4 is 6.29 Å². The first-order valence-corrected chi connectivity index (χ1v) is 5.17. The molecule has 0 unspecified atom stereocenters. The first kappa shape index (κ1) is 12.3. The highest BCUT2D eigenvalue weighted by Crippen LogP contribution is 2.19. The minimum absolute atomic E-state index is 0.358. The lowest BCUT2D eigenvalue weighted by Gasteiger charge is -2.15. The average Bonchev–Trinajstić information content (AvgIpc) is 2.30. The summed E-state index contributed by atoms with van der Waals surface area (Å²) in [7, 11) is 0. The predicted molar refractivity (Wildman–Crippen MR) is 61.3 cm³/mol. The molecule has 16 heavy (non-hydrogen) atoms. The Kier molecular flexibility index (Phi) is 4.07. The number of carbonyl (C=O) groups excluding carboxylic acids is 1. The summed E-state index contributed by atoms with van der Waals surface area (Å²) in [5, 5.41) is 8.82. The number of hydrogen-bond acceptors (Lipinski definition) is 3. The van der Waals surface area contributed by atoms with E-state index in [-0.39, 0.29) is 5.41 Å². The van der Waals surface area contributed by atoms with Crippen LogP contribution in [0.3, 0.4) is 0 Å². The second-order valence-corrected chi connectivity index (χ2v) is 4.28. The van der Waals surface area contributed by atoms with Crippen LogP contribution >= 0.6 is 0 Å². The topological polar surface area (TPSA) is 50.1 Å². The molecule has 1 aromatic carbocycles. The summed E-state index contributed by atoms with van der Waals surface area (Å²) in [5.41, 5.74) is 0.271. The molecule has 84 valence electrons. The van der Waals surface area contributed by atoms with E-state index in [2.05, 4.69) is 6.07 Å². The summed E-state index contributed by atoms with van der Waals surface area (Å²) in [4.78, 5) is 10.4. The molecule has 0 saturated carbocycles. The zero-order valence-electron chi connectivity index (χ0n) is 9.56. The van der Waals surface area contributed by atoms with Crippen molar-refractivity contribution in [2.24, 2.45) is 5.41 Å². The molecule has 0 atom stereocenters. The van der Waals surface area contributed by atoms with Crippen molar-refractivity contribution in [3.8, 4) is 11.8 Å². The number of benzene rings is 1. The van der Waals surface area contributed by atoms with Gasteiger partial charge in [-0.25, -0.2) is 0 Å². The van der Waals surface area contributed by atoms with Crippen LogP contribution in [0.1, 0.15) is 30.6 Å². The molecule has 0 spiro atoms. The Balaban J connectivity index is 2.44. The molecule has 0 aliphatic rings. The molecule has 0 aliphatic carbocycles. The molecule has 0 saturated heterocycles. The zero-order chi connectivity index (χ0) is 12.0. The Bertz CT molecular complexity index is 387. The highest BCUT2D eigenvalue weighted by molar-refractivity contribution is 5.74. The van der Waals surface area contributed by atoms with Gasteiger partial charge in [0.05, 0.1) is 18.1 Å². The molecule has 3 nitrogen and oxygen atoms in total. The number of nitrogens with zero attached hydrogens (tertiary/aromatic N) is 1. The fourth-order valence-corrected chi connectivity index (χ4v) is 1.12. The molecule has 0 bridgehead atoms. The fraction of sp³-hybridized carbons (Fsp3) is 0.385. The van der Waals surface area contributed by atoms with Crippen LogP contribution in [0, 0.1) is 16.7 Å². The van der Waals surface area contributed by atoms with Crippen LogP contribution in [0.25, 0.3) is 0 Å². The highest BCUT2D eigenvalue weighted by Gasteiger charge is 2.16. The molecular formula is C13H15NO2. The Morgan fingerprint density at radius 2 is 2.00 bits per heavy atom. The van der Waals surface area contributed by atoms with E-state index < -0.39 is 0 Å². The van der Waals surface area contributed by atoms with E-state index in [1.807, 2.05) is 13.8 Å². The molecular weight excluding hydrogens is 202 g/mol. The van der Waals surface area contributed by atoms with E-state index in [1.54, 1.807) is 24.3 Å². The quantitative estimate of drug-likeness (QED) is 0.712. The highest BCUT2D eigenvalue weighted by atomic mass is 16.5. The number of hydrogen-bond donors (Lipinski definition) is 0. The van der Waals surface area contributed by atoms with Gasteiger partial charge in [0, 0.05) is 5.56 Å². The van der Waals surface area contributed by atoms with Gasteiger partial charge in [0.15, 0.2) is 0 Å². The standard InChI is InChI=1S/C13H15NO2/c1-13(2,10-14)7-8-16-12-5-3-11(9-15)4-6-12/h3-6,9H,7-8H2,1-2H3.